The number of amides is 1. The normalized spacial score (nSPS) is 10.8. The van der Waals surface area contributed by atoms with Gasteiger partial charge in [-0.25, -0.2) is 4.98 Å². The van der Waals surface area contributed by atoms with Crippen LogP contribution in [0.2, 0.25) is 0 Å². The van der Waals surface area contributed by atoms with E-state index in [0.29, 0.717) is 30.6 Å². The summed E-state index contributed by atoms with van der Waals surface area (Å²) in [5.41, 5.74) is 2.73. The number of nitrogens with zero attached hydrogens (tertiary/aromatic N) is 3. The van der Waals surface area contributed by atoms with Crippen LogP contribution in [0.3, 0.4) is 0 Å². The summed E-state index contributed by atoms with van der Waals surface area (Å²) in [6.07, 6.45) is 1.76. The maximum absolute atomic E-state index is 12.6. The molecule has 146 valence electrons. The Balaban J connectivity index is 1.53. The molecule has 0 spiro atoms. The number of rotatable bonds is 7. The Morgan fingerprint density at radius 2 is 1.89 bits per heavy atom. The van der Waals surface area contributed by atoms with Gasteiger partial charge in [0.15, 0.2) is 0 Å². The third-order valence-electron chi connectivity index (χ3n) is 4.76. The number of aromatic nitrogens is 2. The molecular formula is C22H25N3O3. The minimum Gasteiger partial charge on any atom is -0.492 e. The SMILES string of the molecule is Cc1ccc(OCCN(C)C(=O)CCn2cnc3c(C)cccc3c2=O)cc1. The summed E-state index contributed by atoms with van der Waals surface area (Å²) in [5.74, 6) is 0.749. The third kappa shape index (κ3) is 4.57. The molecule has 6 heteroatoms. The quantitative estimate of drug-likeness (QED) is 0.633. The topological polar surface area (TPSA) is 64.4 Å². The lowest BCUT2D eigenvalue weighted by Crippen LogP contribution is -2.32. The fourth-order valence-corrected chi connectivity index (χ4v) is 2.96. The van der Waals surface area contributed by atoms with Gasteiger partial charge in [-0.15, -0.1) is 0 Å². The number of hydrogen-bond acceptors (Lipinski definition) is 4. The first-order chi connectivity index (χ1) is 13.5. The molecule has 0 aliphatic carbocycles. The van der Waals surface area contributed by atoms with Crippen LogP contribution in [0.25, 0.3) is 10.9 Å². The van der Waals surface area contributed by atoms with Gasteiger partial charge in [0, 0.05) is 20.0 Å². The van der Waals surface area contributed by atoms with E-state index in [1.54, 1.807) is 18.0 Å². The van der Waals surface area contributed by atoms with Crippen LogP contribution < -0.4 is 10.3 Å². The molecule has 0 bridgehead atoms. The van der Waals surface area contributed by atoms with Crippen LogP contribution in [-0.4, -0.2) is 40.6 Å². The number of benzene rings is 2. The lowest BCUT2D eigenvalue weighted by atomic mass is 10.1. The summed E-state index contributed by atoms with van der Waals surface area (Å²) in [6.45, 7) is 5.15. The van der Waals surface area contributed by atoms with Gasteiger partial charge >= 0.3 is 0 Å². The van der Waals surface area contributed by atoms with E-state index in [4.69, 9.17) is 4.74 Å². The van der Waals surface area contributed by atoms with Crippen molar-refractivity contribution in [3.63, 3.8) is 0 Å². The number of para-hydroxylation sites is 1. The highest BCUT2D eigenvalue weighted by atomic mass is 16.5. The molecule has 3 rings (SSSR count). The molecule has 0 N–H and O–H groups in total. The van der Waals surface area contributed by atoms with Gasteiger partial charge in [-0.05, 0) is 37.6 Å². The molecule has 1 aromatic heterocycles. The van der Waals surface area contributed by atoms with Crippen LogP contribution in [-0.2, 0) is 11.3 Å². The van der Waals surface area contributed by atoms with Crippen LogP contribution in [0.15, 0.2) is 53.6 Å². The minimum atomic E-state index is -0.119. The Labute approximate surface area is 164 Å². The highest BCUT2D eigenvalue weighted by Gasteiger charge is 2.11. The minimum absolute atomic E-state index is 0.0382. The second-order valence-electron chi connectivity index (χ2n) is 6.94. The Bertz CT molecular complexity index is 1030. The molecule has 1 amide bonds. The van der Waals surface area contributed by atoms with E-state index >= 15 is 0 Å². The number of aryl methyl sites for hydroxylation is 3. The fraction of sp³-hybridized carbons (Fsp3) is 0.318. The van der Waals surface area contributed by atoms with Gasteiger partial charge in [-0.3, -0.25) is 14.2 Å². The molecule has 6 nitrogen and oxygen atoms in total. The number of likely N-dealkylation sites (N-methyl/N-ethyl adjacent to an activating group) is 1. The Hall–Kier alpha value is -3.15. The molecule has 0 unspecified atom stereocenters. The molecule has 0 atom stereocenters. The van der Waals surface area contributed by atoms with Crippen molar-refractivity contribution in [3.8, 4) is 5.75 Å². The lowest BCUT2D eigenvalue weighted by Gasteiger charge is -2.18. The molecule has 28 heavy (non-hydrogen) atoms. The molecular weight excluding hydrogens is 354 g/mol. The van der Waals surface area contributed by atoms with Gasteiger partial charge in [0.1, 0.15) is 12.4 Å². The molecule has 0 fully saturated rings. The van der Waals surface area contributed by atoms with Crippen LogP contribution in [0, 0.1) is 13.8 Å². The van der Waals surface area contributed by atoms with E-state index in [1.165, 1.54) is 16.5 Å². The van der Waals surface area contributed by atoms with Crippen LogP contribution >= 0.6 is 0 Å². The second kappa shape index (κ2) is 8.69. The lowest BCUT2D eigenvalue weighted by molar-refractivity contribution is -0.130. The van der Waals surface area contributed by atoms with E-state index in [2.05, 4.69) is 4.98 Å². The molecule has 0 saturated carbocycles. The van der Waals surface area contributed by atoms with E-state index in [-0.39, 0.29) is 17.9 Å². The first-order valence-corrected chi connectivity index (χ1v) is 9.34. The molecule has 0 aliphatic heterocycles. The smallest absolute Gasteiger partial charge is 0.261 e. The predicted molar refractivity (Wildman–Crippen MR) is 110 cm³/mol. The van der Waals surface area contributed by atoms with Crippen LogP contribution in [0.1, 0.15) is 17.5 Å². The highest BCUT2D eigenvalue weighted by molar-refractivity contribution is 5.80. The molecule has 1 heterocycles. The standard InChI is InChI=1S/C22H25N3O3/c1-16-7-9-18(10-8-16)28-14-13-24(3)20(26)11-12-25-15-23-21-17(2)5-4-6-19(21)22(25)27/h4-10,15H,11-14H2,1-3H3. The largest absolute Gasteiger partial charge is 0.492 e. The number of carbonyl (C=O) groups excluding carboxylic acids is 1. The van der Waals surface area contributed by atoms with Crippen molar-refractivity contribution in [1.82, 2.24) is 14.5 Å². The number of ether oxygens (including phenoxy) is 1. The summed E-state index contributed by atoms with van der Waals surface area (Å²) in [7, 11) is 1.74. The number of fused-ring (bicyclic) bond motifs is 1. The number of hydrogen-bond donors (Lipinski definition) is 0. The number of carbonyl (C=O) groups is 1. The van der Waals surface area contributed by atoms with Crippen molar-refractivity contribution >= 4 is 16.8 Å². The summed E-state index contributed by atoms with van der Waals surface area (Å²) in [5, 5.41) is 0.579. The van der Waals surface area contributed by atoms with Gasteiger partial charge in [-0.1, -0.05) is 29.8 Å². The first kappa shape index (κ1) is 19.6. The van der Waals surface area contributed by atoms with Gasteiger partial charge < -0.3 is 9.64 Å². The summed E-state index contributed by atoms with van der Waals surface area (Å²) < 4.78 is 7.16. The molecule has 0 radical (unpaired) electrons. The summed E-state index contributed by atoms with van der Waals surface area (Å²) in [4.78, 5) is 31.0. The van der Waals surface area contributed by atoms with Crippen molar-refractivity contribution in [2.24, 2.45) is 0 Å². The maximum atomic E-state index is 12.6. The van der Waals surface area contributed by atoms with E-state index < -0.39 is 0 Å². The predicted octanol–water partition coefficient (Wildman–Crippen LogP) is 2.94. The van der Waals surface area contributed by atoms with Gasteiger partial charge in [0.05, 0.1) is 23.8 Å². The van der Waals surface area contributed by atoms with E-state index in [0.717, 1.165) is 11.3 Å². The zero-order chi connectivity index (χ0) is 20.1. The highest BCUT2D eigenvalue weighted by Crippen LogP contribution is 2.12. The van der Waals surface area contributed by atoms with Gasteiger partial charge in [0.25, 0.3) is 5.56 Å². The Morgan fingerprint density at radius 1 is 1.14 bits per heavy atom. The van der Waals surface area contributed by atoms with Crippen molar-refractivity contribution in [1.29, 1.82) is 0 Å². The van der Waals surface area contributed by atoms with Crippen molar-refractivity contribution in [3.05, 3.63) is 70.3 Å². The van der Waals surface area contributed by atoms with Crippen molar-refractivity contribution in [2.75, 3.05) is 20.2 Å². The summed E-state index contributed by atoms with van der Waals surface area (Å²) in [6, 6.07) is 13.3. The average molecular weight is 379 g/mol. The summed E-state index contributed by atoms with van der Waals surface area (Å²) >= 11 is 0. The van der Waals surface area contributed by atoms with Gasteiger partial charge in [-0.2, -0.15) is 0 Å². The zero-order valence-electron chi connectivity index (χ0n) is 16.5. The fourth-order valence-electron chi connectivity index (χ4n) is 2.96. The van der Waals surface area contributed by atoms with Crippen LogP contribution in [0.5, 0.6) is 5.75 Å². The molecule has 2 aromatic carbocycles. The monoisotopic (exact) mass is 379 g/mol. The van der Waals surface area contributed by atoms with Crippen LogP contribution in [0.4, 0.5) is 0 Å². The van der Waals surface area contributed by atoms with E-state index in [1.807, 2.05) is 50.2 Å². The third-order valence-corrected chi connectivity index (χ3v) is 4.76. The Kier molecular flexibility index (Phi) is 6.09. The second-order valence-corrected chi connectivity index (χ2v) is 6.94. The molecule has 0 aliphatic rings. The van der Waals surface area contributed by atoms with Crippen molar-refractivity contribution < 1.29 is 9.53 Å². The maximum Gasteiger partial charge on any atom is 0.261 e. The Morgan fingerprint density at radius 3 is 2.64 bits per heavy atom. The molecule has 0 saturated heterocycles. The first-order valence-electron chi connectivity index (χ1n) is 9.34. The average Bonchev–Trinajstić information content (AvgIpc) is 2.69. The van der Waals surface area contributed by atoms with Gasteiger partial charge in [0.2, 0.25) is 5.91 Å². The zero-order valence-corrected chi connectivity index (χ0v) is 16.5. The van der Waals surface area contributed by atoms with Crippen molar-refractivity contribution in [2.45, 2.75) is 26.8 Å². The van der Waals surface area contributed by atoms with E-state index in [9.17, 15) is 9.59 Å². The molecule has 3 aromatic rings.